The molecule has 0 spiro atoms. The highest BCUT2D eigenvalue weighted by atomic mass is 32.2. The minimum Gasteiger partial charge on any atom is -0.481 e. The lowest BCUT2D eigenvalue weighted by atomic mass is 10.1. The summed E-state index contributed by atoms with van der Waals surface area (Å²) in [4.78, 5) is 57.8. The Kier molecular flexibility index (Phi) is 11.1. The number of nitrogens with two attached hydrogens (primary N) is 1. The molecule has 4 unspecified atom stereocenters. The average Bonchev–Trinajstić information content (AvgIpc) is 2.57. The van der Waals surface area contributed by atoms with Crippen molar-refractivity contribution in [1.29, 1.82) is 0 Å². The molecule has 4 atom stereocenters. The van der Waals surface area contributed by atoms with Crippen LogP contribution < -0.4 is 21.7 Å². The summed E-state index contributed by atoms with van der Waals surface area (Å²) in [5, 5.41) is 24.4. The van der Waals surface area contributed by atoms with Crippen LogP contribution in [0.25, 0.3) is 0 Å². The SMILES string of the molecule is CSCCC(N)C(=O)NC(C)C(=O)NC(CC(=O)O)C(=O)NC(C)C(=O)O. The Hall–Kier alpha value is -2.34. The van der Waals surface area contributed by atoms with E-state index in [9.17, 15) is 24.0 Å². The molecule has 0 saturated heterocycles. The second kappa shape index (κ2) is 12.1. The van der Waals surface area contributed by atoms with E-state index in [1.165, 1.54) is 25.6 Å². The van der Waals surface area contributed by atoms with Crippen LogP contribution in [0.3, 0.4) is 0 Å². The lowest BCUT2D eigenvalue weighted by Gasteiger charge is -2.22. The van der Waals surface area contributed by atoms with Gasteiger partial charge in [-0.25, -0.2) is 0 Å². The molecule has 154 valence electrons. The van der Waals surface area contributed by atoms with Crippen molar-refractivity contribution in [2.75, 3.05) is 12.0 Å². The lowest BCUT2D eigenvalue weighted by molar-refractivity contribution is -0.143. The maximum absolute atomic E-state index is 12.2. The van der Waals surface area contributed by atoms with Crippen LogP contribution in [0.15, 0.2) is 0 Å². The molecule has 27 heavy (non-hydrogen) atoms. The van der Waals surface area contributed by atoms with E-state index in [0.717, 1.165) is 0 Å². The summed E-state index contributed by atoms with van der Waals surface area (Å²) in [7, 11) is 0. The van der Waals surface area contributed by atoms with Crippen molar-refractivity contribution >= 4 is 41.4 Å². The Morgan fingerprint density at radius 1 is 0.926 bits per heavy atom. The van der Waals surface area contributed by atoms with E-state index in [-0.39, 0.29) is 0 Å². The number of carbonyl (C=O) groups excluding carboxylic acids is 3. The highest BCUT2D eigenvalue weighted by Gasteiger charge is 2.28. The third-order valence-electron chi connectivity index (χ3n) is 3.46. The predicted molar refractivity (Wildman–Crippen MR) is 98.0 cm³/mol. The first-order valence-electron chi connectivity index (χ1n) is 8.09. The van der Waals surface area contributed by atoms with Crippen molar-refractivity contribution in [2.24, 2.45) is 5.73 Å². The minimum atomic E-state index is -1.50. The zero-order valence-electron chi connectivity index (χ0n) is 15.4. The third kappa shape index (κ3) is 9.80. The van der Waals surface area contributed by atoms with Crippen LogP contribution in [-0.2, 0) is 24.0 Å². The fourth-order valence-corrected chi connectivity index (χ4v) is 2.31. The molecule has 0 fully saturated rings. The average molecular weight is 406 g/mol. The van der Waals surface area contributed by atoms with Crippen LogP contribution in [0.5, 0.6) is 0 Å². The van der Waals surface area contributed by atoms with Gasteiger partial charge in [0, 0.05) is 0 Å². The van der Waals surface area contributed by atoms with Gasteiger partial charge in [0.1, 0.15) is 18.1 Å². The van der Waals surface area contributed by atoms with Crippen LogP contribution in [0.1, 0.15) is 26.7 Å². The highest BCUT2D eigenvalue weighted by Crippen LogP contribution is 2.00. The first kappa shape index (κ1) is 24.7. The summed E-state index contributed by atoms with van der Waals surface area (Å²) in [5.74, 6) is -4.33. The zero-order valence-corrected chi connectivity index (χ0v) is 16.2. The number of carboxylic acids is 2. The second-order valence-electron chi connectivity index (χ2n) is 5.85. The van der Waals surface area contributed by atoms with Gasteiger partial charge in [0.25, 0.3) is 0 Å². The van der Waals surface area contributed by atoms with E-state index in [1.807, 2.05) is 6.26 Å². The molecule has 0 heterocycles. The normalized spacial score (nSPS) is 15.0. The number of nitrogens with one attached hydrogen (secondary N) is 3. The standard InChI is InChI=1S/C15H26N4O7S/c1-7(17-13(23)9(16)4-5-27-3)12(22)19-10(6-11(20)21)14(24)18-8(2)15(25)26/h7-10H,4-6,16H2,1-3H3,(H,17,23)(H,18,24)(H,19,22)(H,20,21)(H,25,26). The number of carboxylic acid groups (broad SMARTS) is 2. The maximum Gasteiger partial charge on any atom is 0.325 e. The van der Waals surface area contributed by atoms with E-state index >= 15 is 0 Å². The summed E-state index contributed by atoms with van der Waals surface area (Å²) in [6.45, 7) is 2.54. The van der Waals surface area contributed by atoms with Gasteiger partial charge < -0.3 is 31.9 Å². The summed E-state index contributed by atoms with van der Waals surface area (Å²) >= 11 is 1.52. The Morgan fingerprint density at radius 3 is 1.96 bits per heavy atom. The summed E-state index contributed by atoms with van der Waals surface area (Å²) in [5.41, 5.74) is 5.70. The molecule has 11 nitrogen and oxygen atoms in total. The largest absolute Gasteiger partial charge is 0.481 e. The quantitative estimate of drug-likeness (QED) is 0.215. The molecule has 0 aromatic rings. The molecule has 0 bridgehead atoms. The van der Waals surface area contributed by atoms with E-state index < -0.39 is 60.2 Å². The van der Waals surface area contributed by atoms with E-state index in [2.05, 4.69) is 16.0 Å². The second-order valence-corrected chi connectivity index (χ2v) is 6.83. The van der Waals surface area contributed by atoms with Crippen LogP contribution in [0, 0.1) is 0 Å². The molecule has 0 aliphatic heterocycles. The highest BCUT2D eigenvalue weighted by molar-refractivity contribution is 7.98. The molecular weight excluding hydrogens is 380 g/mol. The molecule has 0 radical (unpaired) electrons. The third-order valence-corrected chi connectivity index (χ3v) is 4.11. The molecular formula is C15H26N4O7S. The number of amides is 3. The van der Waals surface area contributed by atoms with Crippen LogP contribution in [0.4, 0.5) is 0 Å². The van der Waals surface area contributed by atoms with Gasteiger partial charge in [0.15, 0.2) is 0 Å². The molecule has 0 rings (SSSR count). The lowest BCUT2D eigenvalue weighted by Crippen LogP contribution is -2.56. The molecule has 0 aromatic carbocycles. The number of aliphatic carboxylic acids is 2. The molecule has 0 saturated carbocycles. The van der Waals surface area contributed by atoms with Crippen molar-refractivity contribution in [3.8, 4) is 0 Å². The summed E-state index contributed by atoms with van der Waals surface area (Å²) < 4.78 is 0. The molecule has 12 heteroatoms. The Morgan fingerprint density at radius 2 is 1.48 bits per heavy atom. The van der Waals surface area contributed by atoms with Crippen molar-refractivity contribution in [1.82, 2.24) is 16.0 Å². The van der Waals surface area contributed by atoms with Crippen LogP contribution in [-0.4, -0.2) is 76.0 Å². The number of carbonyl (C=O) groups is 5. The van der Waals surface area contributed by atoms with E-state index in [1.54, 1.807) is 0 Å². The first-order chi connectivity index (χ1) is 12.5. The van der Waals surface area contributed by atoms with Gasteiger partial charge in [-0.05, 0) is 32.3 Å². The Balaban J connectivity index is 4.87. The molecule has 0 aliphatic carbocycles. The van der Waals surface area contributed by atoms with Crippen molar-refractivity contribution in [3.05, 3.63) is 0 Å². The molecule has 7 N–H and O–H groups in total. The molecule has 0 aliphatic rings. The van der Waals surface area contributed by atoms with Gasteiger partial charge in [0.05, 0.1) is 12.5 Å². The predicted octanol–water partition coefficient (Wildman–Crippen LogP) is -1.88. The first-order valence-corrected chi connectivity index (χ1v) is 9.49. The van der Waals surface area contributed by atoms with Crippen LogP contribution in [0.2, 0.25) is 0 Å². The smallest absolute Gasteiger partial charge is 0.325 e. The van der Waals surface area contributed by atoms with Crippen molar-refractivity contribution in [2.45, 2.75) is 50.9 Å². The number of hydrogen-bond donors (Lipinski definition) is 6. The van der Waals surface area contributed by atoms with Gasteiger partial charge in [-0.15, -0.1) is 0 Å². The van der Waals surface area contributed by atoms with E-state index in [4.69, 9.17) is 15.9 Å². The fraction of sp³-hybridized carbons (Fsp3) is 0.667. The monoisotopic (exact) mass is 406 g/mol. The van der Waals surface area contributed by atoms with Gasteiger partial charge in [-0.2, -0.15) is 11.8 Å². The fourth-order valence-electron chi connectivity index (χ4n) is 1.82. The summed E-state index contributed by atoms with van der Waals surface area (Å²) in [6.07, 6.45) is 1.52. The van der Waals surface area contributed by atoms with Gasteiger partial charge in [-0.1, -0.05) is 0 Å². The van der Waals surface area contributed by atoms with Gasteiger partial charge >= 0.3 is 11.9 Å². The van der Waals surface area contributed by atoms with Crippen molar-refractivity contribution < 1.29 is 34.2 Å². The van der Waals surface area contributed by atoms with Crippen LogP contribution >= 0.6 is 11.8 Å². The molecule has 3 amide bonds. The minimum absolute atomic E-state index is 0.415. The number of hydrogen-bond acceptors (Lipinski definition) is 7. The van der Waals surface area contributed by atoms with Gasteiger partial charge in [0.2, 0.25) is 17.7 Å². The Labute approximate surface area is 160 Å². The number of rotatable bonds is 12. The Bertz CT molecular complexity index is 572. The number of thioether (sulfide) groups is 1. The van der Waals surface area contributed by atoms with E-state index in [0.29, 0.717) is 12.2 Å². The topological polar surface area (TPSA) is 188 Å². The van der Waals surface area contributed by atoms with Gasteiger partial charge in [-0.3, -0.25) is 24.0 Å². The maximum atomic E-state index is 12.2. The van der Waals surface area contributed by atoms with Crippen molar-refractivity contribution in [3.63, 3.8) is 0 Å². The summed E-state index contributed by atoms with van der Waals surface area (Å²) in [6, 6.07) is -4.64. The zero-order chi connectivity index (χ0) is 21.1. The molecule has 0 aromatic heterocycles.